The average Bonchev–Trinajstić information content (AvgIpc) is 3.48. The third kappa shape index (κ3) is 4.26. The van der Waals surface area contributed by atoms with Crippen LogP contribution in [0.2, 0.25) is 0 Å². The molecule has 0 aliphatic heterocycles. The molecule has 1 N–H and O–H groups in total. The molecule has 1 heterocycles. The lowest BCUT2D eigenvalue weighted by Gasteiger charge is -2.08. The monoisotopic (exact) mass is 391 g/mol. The lowest BCUT2D eigenvalue weighted by atomic mass is 10.1. The van der Waals surface area contributed by atoms with Gasteiger partial charge in [-0.1, -0.05) is 12.1 Å². The number of carbonyl (C=O) groups is 1. The third-order valence-electron chi connectivity index (χ3n) is 4.63. The molecule has 1 aromatic heterocycles. The first-order valence-electron chi connectivity index (χ1n) is 9.27. The summed E-state index contributed by atoms with van der Waals surface area (Å²) in [4.78, 5) is 12.4. The number of aromatic nitrogens is 4. The van der Waals surface area contributed by atoms with Crippen molar-refractivity contribution < 1.29 is 14.3 Å². The lowest BCUT2D eigenvalue weighted by molar-refractivity contribution is -0.111. The number of hydrogen-bond acceptors (Lipinski definition) is 6. The highest BCUT2D eigenvalue weighted by molar-refractivity contribution is 6.02. The van der Waals surface area contributed by atoms with Gasteiger partial charge in [-0.05, 0) is 53.6 Å². The van der Waals surface area contributed by atoms with Gasteiger partial charge in [0.05, 0.1) is 20.3 Å². The molecule has 0 bridgehead atoms. The zero-order chi connectivity index (χ0) is 20.2. The molecule has 0 spiro atoms. The first-order chi connectivity index (χ1) is 14.2. The molecule has 0 saturated heterocycles. The highest BCUT2D eigenvalue weighted by Gasteiger charge is 2.28. The van der Waals surface area contributed by atoms with E-state index in [0.717, 1.165) is 24.0 Å². The Morgan fingerprint density at radius 1 is 1.17 bits per heavy atom. The van der Waals surface area contributed by atoms with E-state index in [1.54, 1.807) is 26.4 Å². The van der Waals surface area contributed by atoms with Gasteiger partial charge < -0.3 is 14.8 Å². The number of rotatable bonds is 7. The summed E-state index contributed by atoms with van der Waals surface area (Å²) in [5.74, 6) is 1.78. The molecule has 4 rings (SSSR count). The Morgan fingerprint density at radius 3 is 2.79 bits per heavy atom. The summed E-state index contributed by atoms with van der Waals surface area (Å²) in [5.41, 5.74) is 2.31. The molecule has 0 atom stereocenters. The van der Waals surface area contributed by atoms with Gasteiger partial charge in [-0.2, -0.15) is 0 Å². The maximum absolute atomic E-state index is 12.4. The molecule has 29 heavy (non-hydrogen) atoms. The Balaban J connectivity index is 1.48. The Bertz CT molecular complexity index is 1060. The highest BCUT2D eigenvalue weighted by atomic mass is 16.5. The van der Waals surface area contributed by atoms with E-state index >= 15 is 0 Å². The van der Waals surface area contributed by atoms with Gasteiger partial charge >= 0.3 is 0 Å². The number of hydrogen-bond donors (Lipinski definition) is 1. The van der Waals surface area contributed by atoms with Gasteiger partial charge in [0.2, 0.25) is 5.91 Å². The zero-order valence-electron chi connectivity index (χ0n) is 16.2. The SMILES string of the molecule is COc1ccc(/C=C/C(=O)Nc2cccc(-c3nnnn3C3CC3)c2)c(OC)c1. The quantitative estimate of drug-likeness (QED) is 0.621. The van der Waals surface area contributed by atoms with E-state index in [1.165, 1.54) is 6.08 Å². The van der Waals surface area contributed by atoms with Gasteiger partial charge in [-0.25, -0.2) is 4.68 Å². The Kier molecular flexibility index (Phi) is 5.24. The van der Waals surface area contributed by atoms with Crippen molar-refractivity contribution >= 4 is 17.7 Å². The molecule has 1 amide bonds. The molecule has 3 aromatic rings. The molecule has 148 valence electrons. The summed E-state index contributed by atoms with van der Waals surface area (Å²) in [7, 11) is 3.17. The van der Waals surface area contributed by atoms with Crippen molar-refractivity contribution in [1.82, 2.24) is 20.2 Å². The highest BCUT2D eigenvalue weighted by Crippen LogP contribution is 2.36. The van der Waals surface area contributed by atoms with Crippen molar-refractivity contribution in [3.8, 4) is 22.9 Å². The molecule has 1 aliphatic carbocycles. The molecule has 2 aromatic carbocycles. The van der Waals surface area contributed by atoms with Gasteiger partial charge in [0, 0.05) is 29.0 Å². The average molecular weight is 391 g/mol. The first-order valence-corrected chi connectivity index (χ1v) is 9.27. The maximum Gasteiger partial charge on any atom is 0.248 e. The van der Waals surface area contributed by atoms with Gasteiger partial charge in [0.1, 0.15) is 11.5 Å². The number of anilines is 1. The van der Waals surface area contributed by atoms with Crippen LogP contribution in [0.1, 0.15) is 24.4 Å². The predicted molar refractivity (Wildman–Crippen MR) is 109 cm³/mol. The number of nitrogens with zero attached hydrogens (tertiary/aromatic N) is 4. The van der Waals surface area contributed by atoms with Crippen LogP contribution in [0.15, 0.2) is 48.5 Å². The second kappa shape index (κ2) is 8.14. The van der Waals surface area contributed by atoms with Crippen LogP contribution in [0, 0.1) is 0 Å². The van der Waals surface area contributed by atoms with Crippen molar-refractivity contribution in [2.24, 2.45) is 0 Å². The topological polar surface area (TPSA) is 91.2 Å². The summed E-state index contributed by atoms with van der Waals surface area (Å²) in [5, 5.41) is 14.9. The largest absolute Gasteiger partial charge is 0.497 e. The Hall–Kier alpha value is -3.68. The number of benzene rings is 2. The van der Waals surface area contributed by atoms with Crippen LogP contribution in [0.25, 0.3) is 17.5 Å². The number of ether oxygens (including phenoxy) is 2. The molecule has 8 heteroatoms. The standard InChI is InChI=1S/C21H21N5O3/c1-28-18-10-6-14(19(13-18)29-2)7-11-20(27)22-16-5-3-4-15(12-16)21-23-24-25-26(21)17-8-9-17/h3-7,10-13,17H,8-9H2,1-2H3,(H,22,27)/b11-7+. The summed E-state index contributed by atoms with van der Waals surface area (Å²) in [6, 6.07) is 13.3. The van der Waals surface area contributed by atoms with E-state index in [-0.39, 0.29) is 5.91 Å². The number of nitrogens with one attached hydrogen (secondary N) is 1. The van der Waals surface area contributed by atoms with Gasteiger partial charge in [-0.3, -0.25) is 4.79 Å². The first kappa shape index (κ1) is 18.7. The third-order valence-corrected chi connectivity index (χ3v) is 4.63. The van der Waals surface area contributed by atoms with Crippen molar-refractivity contribution in [3.63, 3.8) is 0 Å². The second-order valence-electron chi connectivity index (χ2n) is 6.69. The zero-order valence-corrected chi connectivity index (χ0v) is 16.2. The number of amides is 1. The Morgan fingerprint density at radius 2 is 2.03 bits per heavy atom. The summed E-state index contributed by atoms with van der Waals surface area (Å²) in [6.07, 6.45) is 5.35. The van der Waals surface area contributed by atoms with Gasteiger partial charge in [0.15, 0.2) is 5.82 Å². The molecular formula is C21H21N5O3. The number of carbonyl (C=O) groups excluding carboxylic acids is 1. The van der Waals surface area contributed by atoms with Crippen LogP contribution in [-0.2, 0) is 4.79 Å². The fourth-order valence-electron chi connectivity index (χ4n) is 2.99. The van der Waals surface area contributed by atoms with Crippen molar-refractivity contribution in [3.05, 3.63) is 54.1 Å². The predicted octanol–water partition coefficient (Wildman–Crippen LogP) is 3.34. The van der Waals surface area contributed by atoms with Crippen molar-refractivity contribution in [2.45, 2.75) is 18.9 Å². The van der Waals surface area contributed by atoms with Crippen LogP contribution < -0.4 is 14.8 Å². The molecule has 0 radical (unpaired) electrons. The van der Waals surface area contributed by atoms with E-state index in [1.807, 2.05) is 41.1 Å². The summed E-state index contributed by atoms with van der Waals surface area (Å²) in [6.45, 7) is 0. The van der Waals surface area contributed by atoms with E-state index < -0.39 is 0 Å². The fourth-order valence-corrected chi connectivity index (χ4v) is 2.99. The van der Waals surface area contributed by atoms with E-state index in [0.29, 0.717) is 29.1 Å². The lowest BCUT2D eigenvalue weighted by Crippen LogP contribution is -2.08. The molecule has 0 unspecified atom stereocenters. The Labute approximate surface area is 168 Å². The van der Waals surface area contributed by atoms with Crippen molar-refractivity contribution in [1.29, 1.82) is 0 Å². The molecule has 1 saturated carbocycles. The normalized spacial score (nSPS) is 13.4. The number of tetrazole rings is 1. The van der Waals surface area contributed by atoms with E-state index in [9.17, 15) is 4.79 Å². The van der Waals surface area contributed by atoms with E-state index in [4.69, 9.17) is 9.47 Å². The maximum atomic E-state index is 12.4. The molecule has 8 nitrogen and oxygen atoms in total. The number of methoxy groups -OCH3 is 2. The smallest absolute Gasteiger partial charge is 0.248 e. The molecule has 1 fully saturated rings. The van der Waals surface area contributed by atoms with E-state index in [2.05, 4.69) is 20.8 Å². The second-order valence-corrected chi connectivity index (χ2v) is 6.69. The van der Waals surface area contributed by atoms with Gasteiger partial charge in [0.25, 0.3) is 0 Å². The van der Waals surface area contributed by atoms with Crippen molar-refractivity contribution in [2.75, 3.05) is 19.5 Å². The molecular weight excluding hydrogens is 370 g/mol. The van der Waals surface area contributed by atoms with Gasteiger partial charge in [-0.15, -0.1) is 5.10 Å². The van der Waals surface area contributed by atoms with Crippen LogP contribution >= 0.6 is 0 Å². The minimum Gasteiger partial charge on any atom is -0.497 e. The summed E-state index contributed by atoms with van der Waals surface area (Å²) < 4.78 is 12.4. The van der Waals surface area contributed by atoms with Crippen LogP contribution in [0.4, 0.5) is 5.69 Å². The minimum absolute atomic E-state index is 0.248. The molecule has 1 aliphatic rings. The van der Waals surface area contributed by atoms with Crippen LogP contribution in [0.5, 0.6) is 11.5 Å². The van der Waals surface area contributed by atoms with Crippen LogP contribution in [-0.4, -0.2) is 40.3 Å². The van der Waals surface area contributed by atoms with Crippen LogP contribution in [0.3, 0.4) is 0 Å². The minimum atomic E-state index is -0.248. The fraction of sp³-hybridized carbons (Fsp3) is 0.238. The summed E-state index contributed by atoms with van der Waals surface area (Å²) >= 11 is 0.